The lowest BCUT2D eigenvalue weighted by Crippen LogP contribution is -2.42. The predicted octanol–water partition coefficient (Wildman–Crippen LogP) is 2.18. The molecule has 0 heterocycles. The summed E-state index contributed by atoms with van der Waals surface area (Å²) in [5.74, 6) is -0.0812. The van der Waals surface area contributed by atoms with Crippen LogP contribution < -0.4 is 5.32 Å². The molecule has 1 unspecified atom stereocenters. The highest BCUT2D eigenvalue weighted by Crippen LogP contribution is 2.20. The minimum atomic E-state index is -0.122. The molecule has 1 fully saturated rings. The third kappa shape index (κ3) is 6.92. The van der Waals surface area contributed by atoms with Crippen LogP contribution in [0.3, 0.4) is 0 Å². The molecule has 1 atom stereocenters. The van der Waals surface area contributed by atoms with Crippen LogP contribution in [0.1, 0.15) is 52.9 Å². The molecule has 1 N–H and O–H groups in total. The van der Waals surface area contributed by atoms with Crippen molar-refractivity contribution < 1.29 is 9.53 Å². The van der Waals surface area contributed by atoms with Crippen LogP contribution in [0.25, 0.3) is 0 Å². The molecule has 1 saturated carbocycles. The van der Waals surface area contributed by atoms with Crippen molar-refractivity contribution in [3.05, 3.63) is 0 Å². The topological polar surface area (TPSA) is 41.6 Å². The molecule has 19 heavy (non-hydrogen) atoms. The van der Waals surface area contributed by atoms with Gasteiger partial charge in [0.05, 0.1) is 6.61 Å². The summed E-state index contributed by atoms with van der Waals surface area (Å²) in [6.07, 6.45) is 5.59. The first-order valence-corrected chi connectivity index (χ1v) is 7.86. The Morgan fingerprint density at radius 2 is 1.84 bits per heavy atom. The Hall–Kier alpha value is -0.610. The summed E-state index contributed by atoms with van der Waals surface area (Å²) in [6, 6.07) is 0.420. The van der Waals surface area contributed by atoms with Crippen molar-refractivity contribution in [1.82, 2.24) is 10.2 Å². The molecule has 0 radical (unpaired) electrons. The zero-order chi connectivity index (χ0) is 14.1. The molecule has 1 rings (SSSR count). The lowest BCUT2D eigenvalue weighted by atomic mass is 10.2. The highest BCUT2D eigenvalue weighted by Gasteiger charge is 2.29. The molecule has 112 valence electrons. The molecular formula is C15H30N2O2. The average Bonchev–Trinajstić information content (AvgIpc) is 3.19. The van der Waals surface area contributed by atoms with Gasteiger partial charge in [0, 0.05) is 12.6 Å². The van der Waals surface area contributed by atoms with Gasteiger partial charge in [0.15, 0.2) is 0 Å². The molecule has 0 saturated heterocycles. The summed E-state index contributed by atoms with van der Waals surface area (Å²) in [5, 5.41) is 3.41. The van der Waals surface area contributed by atoms with Crippen LogP contribution in [0.2, 0.25) is 0 Å². The first-order valence-electron chi connectivity index (χ1n) is 7.86. The highest BCUT2D eigenvalue weighted by molar-refractivity contribution is 5.75. The van der Waals surface area contributed by atoms with Gasteiger partial charge >= 0.3 is 5.97 Å². The Kier molecular flexibility index (Phi) is 8.07. The molecule has 4 heteroatoms. The normalized spacial score (nSPS) is 16.6. The van der Waals surface area contributed by atoms with Gasteiger partial charge < -0.3 is 15.0 Å². The standard InChI is InChI=1S/C15H30N2O2/c1-4-10-17(11-5-2)12-9-14(15(18)19-6-3)16-13-7-8-13/h13-14,16H,4-12H2,1-3H3. The van der Waals surface area contributed by atoms with E-state index in [0.717, 1.165) is 26.1 Å². The van der Waals surface area contributed by atoms with Crippen molar-refractivity contribution in [3.8, 4) is 0 Å². The maximum Gasteiger partial charge on any atom is 0.323 e. The summed E-state index contributed by atoms with van der Waals surface area (Å²) in [6.45, 7) is 9.95. The molecule has 1 aliphatic rings. The van der Waals surface area contributed by atoms with E-state index in [1.807, 2.05) is 6.92 Å². The number of nitrogens with zero attached hydrogens (tertiary/aromatic N) is 1. The minimum absolute atomic E-state index is 0.0812. The first-order chi connectivity index (χ1) is 9.21. The van der Waals surface area contributed by atoms with Gasteiger partial charge in [-0.25, -0.2) is 0 Å². The Labute approximate surface area is 117 Å². The molecule has 4 nitrogen and oxygen atoms in total. The molecular weight excluding hydrogens is 240 g/mol. The van der Waals surface area contributed by atoms with Crippen LogP contribution in [0.5, 0.6) is 0 Å². The monoisotopic (exact) mass is 270 g/mol. The van der Waals surface area contributed by atoms with Crippen molar-refractivity contribution in [2.24, 2.45) is 0 Å². The molecule has 0 aromatic carbocycles. The van der Waals surface area contributed by atoms with Gasteiger partial charge in [-0.15, -0.1) is 0 Å². The number of hydrogen-bond acceptors (Lipinski definition) is 4. The largest absolute Gasteiger partial charge is 0.465 e. The van der Waals surface area contributed by atoms with Crippen molar-refractivity contribution in [1.29, 1.82) is 0 Å². The second-order valence-electron chi connectivity index (χ2n) is 5.38. The van der Waals surface area contributed by atoms with E-state index in [4.69, 9.17) is 4.74 Å². The summed E-state index contributed by atoms with van der Waals surface area (Å²) < 4.78 is 5.16. The molecule has 0 spiro atoms. The molecule has 0 amide bonds. The van der Waals surface area contributed by atoms with Crippen molar-refractivity contribution in [3.63, 3.8) is 0 Å². The fourth-order valence-corrected chi connectivity index (χ4v) is 2.33. The quantitative estimate of drug-likeness (QED) is 0.584. The second kappa shape index (κ2) is 9.32. The lowest BCUT2D eigenvalue weighted by molar-refractivity contribution is -0.146. The fourth-order valence-electron chi connectivity index (χ4n) is 2.33. The van der Waals surface area contributed by atoms with Gasteiger partial charge in [0.1, 0.15) is 6.04 Å². The SMILES string of the molecule is CCCN(CCC)CCC(NC1CC1)C(=O)OCC. The van der Waals surface area contributed by atoms with Crippen LogP contribution in [0.4, 0.5) is 0 Å². The van der Waals surface area contributed by atoms with E-state index in [2.05, 4.69) is 24.1 Å². The Bertz CT molecular complexity index is 249. The van der Waals surface area contributed by atoms with Gasteiger partial charge in [-0.1, -0.05) is 13.8 Å². The fraction of sp³-hybridized carbons (Fsp3) is 0.933. The van der Waals surface area contributed by atoms with E-state index >= 15 is 0 Å². The Morgan fingerprint density at radius 3 is 2.32 bits per heavy atom. The minimum Gasteiger partial charge on any atom is -0.465 e. The van der Waals surface area contributed by atoms with Gasteiger partial charge in [0.25, 0.3) is 0 Å². The van der Waals surface area contributed by atoms with E-state index in [1.54, 1.807) is 0 Å². The maximum absolute atomic E-state index is 11.9. The third-order valence-corrected chi connectivity index (χ3v) is 3.40. The van der Waals surface area contributed by atoms with Crippen LogP contribution >= 0.6 is 0 Å². The smallest absolute Gasteiger partial charge is 0.323 e. The van der Waals surface area contributed by atoms with Crippen molar-refractivity contribution >= 4 is 5.97 Å². The molecule has 0 aromatic heterocycles. The van der Waals surface area contributed by atoms with E-state index < -0.39 is 0 Å². The van der Waals surface area contributed by atoms with Crippen LogP contribution in [0, 0.1) is 0 Å². The first kappa shape index (κ1) is 16.4. The van der Waals surface area contributed by atoms with Crippen molar-refractivity contribution in [2.45, 2.75) is 65.0 Å². The lowest BCUT2D eigenvalue weighted by Gasteiger charge is -2.24. The summed E-state index contributed by atoms with van der Waals surface area (Å²) in [4.78, 5) is 14.4. The number of ether oxygens (including phenoxy) is 1. The van der Waals surface area contributed by atoms with E-state index in [0.29, 0.717) is 12.6 Å². The zero-order valence-corrected chi connectivity index (χ0v) is 12.8. The van der Waals surface area contributed by atoms with E-state index in [-0.39, 0.29) is 12.0 Å². The Balaban J connectivity index is 2.38. The number of carbonyl (C=O) groups is 1. The highest BCUT2D eigenvalue weighted by atomic mass is 16.5. The van der Waals surface area contributed by atoms with E-state index in [9.17, 15) is 4.79 Å². The summed E-state index contributed by atoms with van der Waals surface area (Å²) in [7, 11) is 0. The van der Waals surface area contributed by atoms with Crippen molar-refractivity contribution in [2.75, 3.05) is 26.2 Å². The van der Waals surface area contributed by atoms with Crippen LogP contribution in [-0.2, 0) is 9.53 Å². The predicted molar refractivity (Wildman–Crippen MR) is 78.2 cm³/mol. The van der Waals surface area contributed by atoms with Crippen LogP contribution in [0.15, 0.2) is 0 Å². The second-order valence-corrected chi connectivity index (χ2v) is 5.38. The number of hydrogen-bond donors (Lipinski definition) is 1. The summed E-state index contributed by atoms with van der Waals surface area (Å²) in [5.41, 5.74) is 0. The van der Waals surface area contributed by atoms with Gasteiger partial charge in [-0.2, -0.15) is 0 Å². The van der Waals surface area contributed by atoms with E-state index in [1.165, 1.54) is 25.7 Å². The number of nitrogens with one attached hydrogen (secondary N) is 1. The van der Waals surface area contributed by atoms with Gasteiger partial charge in [-0.05, 0) is 52.1 Å². The molecule has 1 aliphatic carbocycles. The summed E-state index contributed by atoms with van der Waals surface area (Å²) >= 11 is 0. The van der Waals surface area contributed by atoms with Crippen LogP contribution in [-0.4, -0.2) is 49.2 Å². The maximum atomic E-state index is 11.9. The zero-order valence-electron chi connectivity index (χ0n) is 12.8. The third-order valence-electron chi connectivity index (χ3n) is 3.40. The number of carbonyl (C=O) groups excluding carboxylic acids is 1. The molecule has 0 aliphatic heterocycles. The molecule has 0 aromatic rings. The molecule has 0 bridgehead atoms. The van der Waals surface area contributed by atoms with Gasteiger partial charge in [-0.3, -0.25) is 4.79 Å². The number of rotatable bonds is 11. The van der Waals surface area contributed by atoms with Gasteiger partial charge in [0.2, 0.25) is 0 Å². The average molecular weight is 270 g/mol. The number of esters is 1. The Morgan fingerprint density at radius 1 is 1.21 bits per heavy atom.